The van der Waals surface area contributed by atoms with Crippen molar-refractivity contribution in [2.24, 2.45) is 11.7 Å². The molecule has 26 heavy (non-hydrogen) atoms. The minimum Gasteiger partial charge on any atom is -0.381 e. The first-order valence-electron chi connectivity index (χ1n) is 9.05. The Morgan fingerprint density at radius 2 is 2.00 bits per heavy atom. The zero-order valence-corrected chi connectivity index (χ0v) is 15.3. The van der Waals surface area contributed by atoms with Crippen LogP contribution in [0.25, 0.3) is 10.9 Å². The van der Waals surface area contributed by atoms with E-state index in [1.54, 1.807) is 29.1 Å². The Balaban J connectivity index is 1.63. The largest absolute Gasteiger partial charge is 0.381 e. The second kappa shape index (κ2) is 6.66. The van der Waals surface area contributed by atoms with E-state index < -0.39 is 21.8 Å². The van der Waals surface area contributed by atoms with Crippen molar-refractivity contribution in [3.63, 3.8) is 0 Å². The SMILES string of the molecule is NC(=O)C(CC1CCOCC1)n1cc2cc(S(=O)(=O)C3CC3)ccc2n1. The van der Waals surface area contributed by atoms with Crippen molar-refractivity contribution in [1.29, 1.82) is 0 Å². The molecule has 2 aliphatic rings. The second-order valence-electron chi connectivity index (χ2n) is 7.28. The minimum absolute atomic E-state index is 0.248. The maximum absolute atomic E-state index is 12.4. The molecule has 2 N–H and O–H groups in total. The van der Waals surface area contributed by atoms with E-state index in [4.69, 9.17) is 10.5 Å². The predicted octanol–water partition coefficient (Wildman–Crippen LogP) is 1.82. The topological polar surface area (TPSA) is 104 Å². The van der Waals surface area contributed by atoms with Crippen LogP contribution in [-0.2, 0) is 19.4 Å². The first-order valence-corrected chi connectivity index (χ1v) is 10.6. The van der Waals surface area contributed by atoms with Gasteiger partial charge in [0.05, 0.1) is 15.7 Å². The number of amides is 1. The van der Waals surface area contributed by atoms with E-state index in [9.17, 15) is 13.2 Å². The third kappa shape index (κ3) is 3.35. The molecule has 140 valence electrons. The fraction of sp³-hybridized carbons (Fsp3) is 0.556. The quantitative estimate of drug-likeness (QED) is 0.827. The molecule has 1 aromatic carbocycles. The Bertz CT molecular complexity index is 927. The average molecular weight is 377 g/mol. The summed E-state index contributed by atoms with van der Waals surface area (Å²) in [6, 6.07) is 4.42. The van der Waals surface area contributed by atoms with Crippen LogP contribution in [0.2, 0.25) is 0 Å². The highest BCUT2D eigenvalue weighted by atomic mass is 32.2. The van der Waals surface area contributed by atoms with Gasteiger partial charge in [0.15, 0.2) is 9.84 Å². The van der Waals surface area contributed by atoms with Crippen LogP contribution in [0.15, 0.2) is 29.3 Å². The maximum Gasteiger partial charge on any atom is 0.242 e. The Labute approximate surface area is 152 Å². The lowest BCUT2D eigenvalue weighted by Crippen LogP contribution is -2.30. The van der Waals surface area contributed by atoms with Gasteiger partial charge in [-0.1, -0.05) is 0 Å². The molecule has 1 atom stereocenters. The highest BCUT2D eigenvalue weighted by molar-refractivity contribution is 7.92. The van der Waals surface area contributed by atoms with Gasteiger partial charge in [0.1, 0.15) is 6.04 Å². The molecule has 0 spiro atoms. The lowest BCUT2D eigenvalue weighted by molar-refractivity contribution is -0.122. The molecule has 2 heterocycles. The molecule has 1 aliphatic carbocycles. The fourth-order valence-electron chi connectivity index (χ4n) is 3.58. The summed E-state index contributed by atoms with van der Waals surface area (Å²) in [6.07, 6.45) is 5.64. The fourth-order valence-corrected chi connectivity index (χ4v) is 5.27. The summed E-state index contributed by atoms with van der Waals surface area (Å²) in [4.78, 5) is 12.3. The summed E-state index contributed by atoms with van der Waals surface area (Å²) in [6.45, 7) is 1.42. The number of sulfone groups is 1. The van der Waals surface area contributed by atoms with E-state index in [1.165, 1.54) is 0 Å². The number of carbonyl (C=O) groups is 1. The van der Waals surface area contributed by atoms with Crippen molar-refractivity contribution in [1.82, 2.24) is 9.78 Å². The lowest BCUT2D eigenvalue weighted by Gasteiger charge is -2.25. The predicted molar refractivity (Wildman–Crippen MR) is 96.3 cm³/mol. The second-order valence-corrected chi connectivity index (χ2v) is 9.51. The van der Waals surface area contributed by atoms with Gasteiger partial charge in [-0.3, -0.25) is 9.48 Å². The number of nitrogens with zero attached hydrogens (tertiary/aromatic N) is 2. The van der Waals surface area contributed by atoms with E-state index >= 15 is 0 Å². The van der Waals surface area contributed by atoms with Crippen molar-refractivity contribution >= 4 is 26.6 Å². The summed E-state index contributed by atoms with van der Waals surface area (Å²) >= 11 is 0. The van der Waals surface area contributed by atoms with Crippen LogP contribution < -0.4 is 5.73 Å². The number of fused-ring (bicyclic) bond motifs is 1. The molecule has 0 bridgehead atoms. The summed E-state index contributed by atoms with van der Waals surface area (Å²) < 4.78 is 31.8. The lowest BCUT2D eigenvalue weighted by atomic mass is 9.92. The molecule has 1 unspecified atom stereocenters. The van der Waals surface area contributed by atoms with E-state index in [0.717, 1.165) is 25.7 Å². The van der Waals surface area contributed by atoms with Crippen LogP contribution in [0.5, 0.6) is 0 Å². The van der Waals surface area contributed by atoms with E-state index in [1.807, 2.05) is 0 Å². The van der Waals surface area contributed by atoms with Crippen LogP contribution in [0.1, 0.15) is 38.1 Å². The summed E-state index contributed by atoms with van der Waals surface area (Å²) in [5, 5.41) is 4.94. The molecule has 1 aliphatic heterocycles. The van der Waals surface area contributed by atoms with Gasteiger partial charge in [0.25, 0.3) is 0 Å². The monoisotopic (exact) mass is 377 g/mol. The van der Waals surface area contributed by atoms with Gasteiger partial charge in [-0.25, -0.2) is 8.42 Å². The van der Waals surface area contributed by atoms with Gasteiger partial charge in [-0.2, -0.15) is 5.10 Å². The summed E-state index contributed by atoms with van der Waals surface area (Å²) in [7, 11) is -3.25. The molecule has 1 amide bonds. The molecular weight excluding hydrogens is 354 g/mol. The number of ether oxygens (including phenoxy) is 1. The van der Waals surface area contributed by atoms with Gasteiger partial charge in [-0.05, 0) is 56.2 Å². The van der Waals surface area contributed by atoms with Crippen LogP contribution in [-0.4, -0.2) is 42.6 Å². The molecule has 4 rings (SSSR count). The highest BCUT2D eigenvalue weighted by Gasteiger charge is 2.37. The number of hydrogen-bond donors (Lipinski definition) is 1. The molecule has 2 fully saturated rings. The summed E-state index contributed by atoms with van der Waals surface area (Å²) in [5.41, 5.74) is 6.29. The van der Waals surface area contributed by atoms with E-state index in [0.29, 0.717) is 41.4 Å². The number of nitrogens with two attached hydrogens (primary N) is 1. The van der Waals surface area contributed by atoms with Gasteiger partial charge < -0.3 is 10.5 Å². The van der Waals surface area contributed by atoms with Gasteiger partial charge in [0.2, 0.25) is 5.91 Å². The van der Waals surface area contributed by atoms with Crippen molar-refractivity contribution in [3.8, 4) is 0 Å². The van der Waals surface area contributed by atoms with Gasteiger partial charge in [-0.15, -0.1) is 0 Å². The van der Waals surface area contributed by atoms with Gasteiger partial charge in [0, 0.05) is 24.8 Å². The number of carbonyl (C=O) groups excluding carboxylic acids is 1. The maximum atomic E-state index is 12.4. The molecule has 8 heteroatoms. The first-order chi connectivity index (χ1) is 12.4. The first kappa shape index (κ1) is 17.5. The minimum atomic E-state index is -3.25. The molecule has 0 radical (unpaired) electrons. The molecule has 1 saturated carbocycles. The molecule has 1 aromatic heterocycles. The van der Waals surface area contributed by atoms with Crippen molar-refractivity contribution in [2.75, 3.05) is 13.2 Å². The molecule has 1 saturated heterocycles. The zero-order valence-electron chi connectivity index (χ0n) is 14.5. The van der Waals surface area contributed by atoms with Crippen LogP contribution in [0.4, 0.5) is 0 Å². The molecular formula is C18H23N3O4S. The average Bonchev–Trinajstić information content (AvgIpc) is 3.40. The Hall–Kier alpha value is -1.93. The van der Waals surface area contributed by atoms with Crippen LogP contribution in [0, 0.1) is 5.92 Å². The smallest absolute Gasteiger partial charge is 0.242 e. The van der Waals surface area contributed by atoms with Crippen LogP contribution in [0.3, 0.4) is 0 Å². The Morgan fingerprint density at radius 3 is 2.65 bits per heavy atom. The number of hydrogen-bond acceptors (Lipinski definition) is 5. The standard InChI is InChI=1S/C18H23N3O4S/c19-18(22)17(9-12-5-7-25-8-6-12)21-11-13-10-15(3-4-16(13)20-21)26(23,24)14-1-2-14/h3-4,10-12,14,17H,1-2,5-9H2,(H2,19,22). The zero-order chi connectivity index (χ0) is 18.3. The van der Waals surface area contributed by atoms with Crippen molar-refractivity contribution in [3.05, 3.63) is 24.4 Å². The third-order valence-corrected chi connectivity index (χ3v) is 7.59. The third-order valence-electron chi connectivity index (χ3n) is 5.33. The number of aromatic nitrogens is 2. The Morgan fingerprint density at radius 1 is 1.27 bits per heavy atom. The summed E-state index contributed by atoms with van der Waals surface area (Å²) in [5.74, 6) is -0.0468. The van der Waals surface area contributed by atoms with Gasteiger partial charge >= 0.3 is 0 Å². The van der Waals surface area contributed by atoms with E-state index in [-0.39, 0.29) is 5.25 Å². The highest BCUT2D eigenvalue weighted by Crippen LogP contribution is 2.34. The molecule has 2 aromatic rings. The molecule has 7 nitrogen and oxygen atoms in total. The number of rotatable bonds is 6. The van der Waals surface area contributed by atoms with E-state index in [2.05, 4.69) is 5.10 Å². The van der Waals surface area contributed by atoms with Crippen molar-refractivity contribution in [2.45, 2.75) is 48.3 Å². The van der Waals surface area contributed by atoms with Crippen molar-refractivity contribution < 1.29 is 17.9 Å². The normalized spacial score (nSPS) is 20.3. The number of primary amides is 1. The number of benzene rings is 1. The van der Waals surface area contributed by atoms with Crippen LogP contribution >= 0.6 is 0 Å². The Kier molecular flexibility index (Phi) is 4.48.